The molecule has 9 heteroatoms. The molecule has 2 heterocycles. The molecule has 2 aliphatic heterocycles. The third-order valence-electron chi connectivity index (χ3n) is 5.35. The predicted molar refractivity (Wildman–Crippen MR) is 110 cm³/mol. The van der Waals surface area contributed by atoms with Crippen LogP contribution in [0.4, 0.5) is 0 Å². The molecule has 28 heavy (non-hydrogen) atoms. The summed E-state index contributed by atoms with van der Waals surface area (Å²) in [5, 5.41) is 3.07. The fourth-order valence-electron chi connectivity index (χ4n) is 4.21. The Balaban J connectivity index is 1.85. The minimum atomic E-state index is -3.50. The van der Waals surface area contributed by atoms with E-state index in [1.807, 2.05) is 27.9 Å². The van der Waals surface area contributed by atoms with Crippen molar-refractivity contribution in [2.24, 2.45) is 11.3 Å². The standard InChI is InChI=1S/C19H38N4O4S/c1-15-11-23(12-16(2)27-15)28(25,26)22-9-7-17(8-10-22)18(24)20-13-19(3,4)14-21(5)6/h15-17H,7-14H2,1-6H3,(H,20,24). The fraction of sp³-hybridized carbons (Fsp3) is 0.947. The number of hydrogen-bond acceptors (Lipinski definition) is 5. The number of rotatable bonds is 7. The third kappa shape index (κ3) is 6.38. The van der Waals surface area contributed by atoms with Crippen molar-refractivity contribution in [3.8, 4) is 0 Å². The summed E-state index contributed by atoms with van der Waals surface area (Å²) in [6, 6.07) is 0. The van der Waals surface area contributed by atoms with Crippen LogP contribution in [0, 0.1) is 11.3 Å². The average Bonchev–Trinajstić information content (AvgIpc) is 2.58. The van der Waals surface area contributed by atoms with Crippen LogP contribution in [0.1, 0.15) is 40.5 Å². The molecule has 8 nitrogen and oxygen atoms in total. The van der Waals surface area contributed by atoms with Crippen LogP contribution >= 0.6 is 0 Å². The summed E-state index contributed by atoms with van der Waals surface area (Å²) in [5.74, 6) is -0.0818. The Bertz CT molecular complexity index is 620. The highest BCUT2D eigenvalue weighted by atomic mass is 32.2. The van der Waals surface area contributed by atoms with Crippen LogP contribution in [-0.2, 0) is 19.7 Å². The van der Waals surface area contributed by atoms with Gasteiger partial charge in [-0.05, 0) is 46.2 Å². The zero-order chi connectivity index (χ0) is 21.1. The second-order valence-corrected chi connectivity index (χ2v) is 11.3. The molecule has 164 valence electrons. The largest absolute Gasteiger partial charge is 0.373 e. The van der Waals surface area contributed by atoms with E-state index in [0.29, 0.717) is 45.6 Å². The van der Waals surface area contributed by atoms with Gasteiger partial charge < -0.3 is 15.0 Å². The lowest BCUT2D eigenvalue weighted by atomic mass is 9.91. The lowest BCUT2D eigenvalue weighted by molar-refractivity contribution is -0.126. The highest BCUT2D eigenvalue weighted by Gasteiger charge is 2.38. The molecule has 0 bridgehead atoms. The summed E-state index contributed by atoms with van der Waals surface area (Å²) in [7, 11) is 0.547. The molecule has 0 aliphatic carbocycles. The van der Waals surface area contributed by atoms with Crippen LogP contribution in [0.25, 0.3) is 0 Å². The average molecular weight is 419 g/mol. The van der Waals surface area contributed by atoms with Gasteiger partial charge in [0, 0.05) is 45.2 Å². The number of carbonyl (C=O) groups is 1. The lowest BCUT2D eigenvalue weighted by Gasteiger charge is -2.39. The van der Waals surface area contributed by atoms with Gasteiger partial charge in [0.15, 0.2) is 0 Å². The summed E-state index contributed by atoms with van der Waals surface area (Å²) in [6.45, 7) is 11.1. The summed E-state index contributed by atoms with van der Waals surface area (Å²) in [5.41, 5.74) is -0.00702. The maximum Gasteiger partial charge on any atom is 0.282 e. The van der Waals surface area contributed by atoms with E-state index in [9.17, 15) is 13.2 Å². The molecule has 1 N–H and O–H groups in total. The molecule has 1 amide bonds. The number of ether oxygens (including phenoxy) is 1. The molecular weight excluding hydrogens is 380 g/mol. The van der Waals surface area contributed by atoms with Gasteiger partial charge in [-0.3, -0.25) is 4.79 Å². The van der Waals surface area contributed by atoms with Gasteiger partial charge in [-0.15, -0.1) is 0 Å². The number of nitrogens with one attached hydrogen (secondary N) is 1. The van der Waals surface area contributed by atoms with Crippen LogP contribution in [0.3, 0.4) is 0 Å². The van der Waals surface area contributed by atoms with E-state index in [-0.39, 0.29) is 29.4 Å². The van der Waals surface area contributed by atoms with E-state index in [0.717, 1.165) is 6.54 Å². The number of hydrogen-bond donors (Lipinski definition) is 1. The molecule has 0 radical (unpaired) electrons. The van der Waals surface area contributed by atoms with Crippen LogP contribution in [-0.4, -0.2) is 93.4 Å². The Hall–Kier alpha value is -0.740. The Morgan fingerprint density at radius 1 is 1.11 bits per heavy atom. The number of morpholine rings is 1. The predicted octanol–water partition coefficient (Wildman–Crippen LogP) is 0.756. The molecule has 2 unspecified atom stereocenters. The summed E-state index contributed by atoms with van der Waals surface area (Å²) in [6.07, 6.45) is 0.920. The number of amides is 1. The smallest absolute Gasteiger partial charge is 0.282 e. The molecule has 2 rings (SSSR count). The van der Waals surface area contributed by atoms with Crippen LogP contribution in [0.15, 0.2) is 0 Å². The monoisotopic (exact) mass is 418 g/mol. The highest BCUT2D eigenvalue weighted by molar-refractivity contribution is 7.86. The molecule has 2 aliphatic rings. The van der Waals surface area contributed by atoms with Gasteiger partial charge in [-0.1, -0.05) is 13.8 Å². The molecule has 2 atom stereocenters. The van der Waals surface area contributed by atoms with Crippen molar-refractivity contribution >= 4 is 16.1 Å². The van der Waals surface area contributed by atoms with Gasteiger partial charge in [-0.2, -0.15) is 17.0 Å². The van der Waals surface area contributed by atoms with E-state index in [1.54, 1.807) is 0 Å². The van der Waals surface area contributed by atoms with E-state index >= 15 is 0 Å². The minimum Gasteiger partial charge on any atom is -0.373 e. The molecular formula is C19H38N4O4S. The Labute approximate surface area is 170 Å². The Morgan fingerprint density at radius 3 is 2.14 bits per heavy atom. The zero-order valence-corrected chi connectivity index (χ0v) is 19.1. The van der Waals surface area contributed by atoms with Crippen molar-refractivity contribution in [1.29, 1.82) is 0 Å². The first-order valence-electron chi connectivity index (χ1n) is 10.2. The first-order chi connectivity index (χ1) is 12.9. The van der Waals surface area contributed by atoms with Gasteiger partial charge in [0.25, 0.3) is 10.2 Å². The van der Waals surface area contributed by atoms with Crippen molar-refractivity contribution in [2.75, 3.05) is 53.4 Å². The molecule has 2 saturated heterocycles. The van der Waals surface area contributed by atoms with Gasteiger partial charge in [0.05, 0.1) is 12.2 Å². The maximum atomic E-state index is 13.0. The first-order valence-corrected chi connectivity index (χ1v) is 11.6. The SMILES string of the molecule is CC1CN(S(=O)(=O)N2CCC(C(=O)NCC(C)(C)CN(C)C)CC2)CC(C)O1. The first kappa shape index (κ1) is 23.5. The summed E-state index contributed by atoms with van der Waals surface area (Å²) >= 11 is 0. The third-order valence-corrected chi connectivity index (χ3v) is 7.32. The van der Waals surface area contributed by atoms with E-state index in [4.69, 9.17) is 4.74 Å². The van der Waals surface area contributed by atoms with Crippen molar-refractivity contribution in [3.63, 3.8) is 0 Å². The highest BCUT2D eigenvalue weighted by Crippen LogP contribution is 2.24. The van der Waals surface area contributed by atoms with Crippen LogP contribution in [0.2, 0.25) is 0 Å². The molecule has 0 spiro atoms. The van der Waals surface area contributed by atoms with Crippen molar-refractivity contribution in [1.82, 2.24) is 18.8 Å². The Morgan fingerprint density at radius 2 is 1.64 bits per heavy atom. The maximum absolute atomic E-state index is 13.0. The number of carbonyl (C=O) groups excluding carboxylic acids is 1. The van der Waals surface area contributed by atoms with Crippen molar-refractivity contribution < 1.29 is 17.9 Å². The number of nitrogens with zero attached hydrogens (tertiary/aromatic N) is 3. The zero-order valence-electron chi connectivity index (χ0n) is 18.3. The second-order valence-electron chi connectivity index (χ2n) is 9.38. The minimum absolute atomic E-state index is 0.00702. The summed E-state index contributed by atoms with van der Waals surface area (Å²) < 4.78 is 34.6. The molecule has 2 fully saturated rings. The van der Waals surface area contributed by atoms with Gasteiger partial charge in [-0.25, -0.2) is 0 Å². The van der Waals surface area contributed by atoms with Crippen LogP contribution in [0.5, 0.6) is 0 Å². The summed E-state index contributed by atoms with van der Waals surface area (Å²) in [4.78, 5) is 14.7. The van der Waals surface area contributed by atoms with Gasteiger partial charge >= 0.3 is 0 Å². The topological polar surface area (TPSA) is 82.2 Å². The normalized spacial score (nSPS) is 26.5. The van der Waals surface area contributed by atoms with E-state index < -0.39 is 10.2 Å². The van der Waals surface area contributed by atoms with E-state index in [2.05, 4.69) is 24.1 Å². The Kier molecular flexibility index (Phi) is 7.89. The fourth-order valence-corrected chi connectivity index (χ4v) is 6.01. The number of piperidine rings is 1. The molecule has 0 aromatic rings. The van der Waals surface area contributed by atoms with Crippen molar-refractivity contribution in [3.05, 3.63) is 0 Å². The van der Waals surface area contributed by atoms with Crippen LogP contribution < -0.4 is 5.32 Å². The quantitative estimate of drug-likeness (QED) is 0.660. The molecule has 0 aromatic heterocycles. The lowest BCUT2D eigenvalue weighted by Crippen LogP contribution is -2.55. The molecule has 0 saturated carbocycles. The molecule has 0 aromatic carbocycles. The second kappa shape index (κ2) is 9.38. The van der Waals surface area contributed by atoms with Gasteiger partial charge in [0.1, 0.15) is 0 Å². The van der Waals surface area contributed by atoms with Crippen molar-refractivity contribution in [2.45, 2.75) is 52.7 Å². The van der Waals surface area contributed by atoms with E-state index in [1.165, 1.54) is 8.61 Å². The van der Waals surface area contributed by atoms with Gasteiger partial charge in [0.2, 0.25) is 5.91 Å².